The molecule has 3 rings (SSSR count). The summed E-state index contributed by atoms with van der Waals surface area (Å²) in [6, 6.07) is 3.91. The molecular formula is C26H40N4O4. The van der Waals surface area contributed by atoms with Gasteiger partial charge in [0.2, 0.25) is 0 Å². The zero-order chi connectivity index (χ0) is 25.3. The highest BCUT2D eigenvalue weighted by Crippen LogP contribution is 2.34. The molecule has 2 saturated heterocycles. The zero-order valence-corrected chi connectivity index (χ0v) is 21.6. The number of nitrogens with zero attached hydrogens (tertiary/aromatic N) is 3. The second-order valence-electron chi connectivity index (χ2n) is 11.9. The van der Waals surface area contributed by atoms with Gasteiger partial charge in [-0.1, -0.05) is 0 Å². The number of rotatable bonds is 5. The number of anilines is 1. The van der Waals surface area contributed by atoms with E-state index in [2.05, 4.69) is 42.9 Å². The van der Waals surface area contributed by atoms with Crippen molar-refractivity contribution in [1.82, 2.24) is 15.2 Å². The Morgan fingerprint density at radius 1 is 1.21 bits per heavy atom. The molecule has 1 atom stereocenters. The van der Waals surface area contributed by atoms with Gasteiger partial charge in [-0.05, 0) is 91.5 Å². The van der Waals surface area contributed by atoms with E-state index in [4.69, 9.17) is 9.84 Å². The van der Waals surface area contributed by atoms with E-state index in [9.17, 15) is 9.59 Å². The summed E-state index contributed by atoms with van der Waals surface area (Å²) in [6.45, 7) is 16.3. The van der Waals surface area contributed by atoms with Crippen LogP contribution in [0.5, 0.6) is 0 Å². The number of likely N-dealkylation sites (tertiary alicyclic amines) is 1. The summed E-state index contributed by atoms with van der Waals surface area (Å²) in [5.41, 5.74) is 0.135. The quantitative estimate of drug-likeness (QED) is 0.617. The van der Waals surface area contributed by atoms with Crippen LogP contribution in [0.2, 0.25) is 0 Å². The van der Waals surface area contributed by atoms with E-state index in [1.807, 2.05) is 20.8 Å². The number of pyridine rings is 1. The van der Waals surface area contributed by atoms with Gasteiger partial charge in [0, 0.05) is 42.5 Å². The Hall–Kier alpha value is -2.45. The normalized spacial score (nSPS) is 23.2. The van der Waals surface area contributed by atoms with Crippen molar-refractivity contribution in [3.63, 3.8) is 0 Å². The number of piperidine rings is 1. The number of hydrogen-bond acceptors (Lipinski definition) is 6. The lowest BCUT2D eigenvalue weighted by atomic mass is 9.79. The summed E-state index contributed by atoms with van der Waals surface area (Å²) in [7, 11) is 0. The van der Waals surface area contributed by atoms with Gasteiger partial charge >= 0.3 is 12.1 Å². The third-order valence-electron chi connectivity index (χ3n) is 6.27. The highest BCUT2D eigenvalue weighted by atomic mass is 16.6. The van der Waals surface area contributed by atoms with Crippen molar-refractivity contribution in [1.29, 1.82) is 0 Å². The minimum Gasteiger partial charge on any atom is -0.478 e. The van der Waals surface area contributed by atoms with Crippen LogP contribution in [0.4, 0.5) is 10.6 Å². The van der Waals surface area contributed by atoms with Crippen LogP contribution >= 0.6 is 0 Å². The Morgan fingerprint density at radius 2 is 1.85 bits per heavy atom. The number of ether oxygens (including phenoxy) is 1. The second-order valence-corrected chi connectivity index (χ2v) is 11.9. The van der Waals surface area contributed by atoms with Crippen LogP contribution < -0.4 is 10.2 Å². The van der Waals surface area contributed by atoms with Gasteiger partial charge < -0.3 is 15.2 Å². The number of aromatic nitrogens is 1. The molecule has 2 aliphatic heterocycles. The van der Waals surface area contributed by atoms with Crippen molar-refractivity contribution in [2.45, 2.75) is 96.5 Å². The summed E-state index contributed by atoms with van der Waals surface area (Å²) >= 11 is 0. The molecule has 0 radical (unpaired) electrons. The first kappa shape index (κ1) is 26.2. The van der Waals surface area contributed by atoms with Crippen LogP contribution in [-0.2, 0) is 9.53 Å². The maximum Gasteiger partial charge on any atom is 0.416 e. The van der Waals surface area contributed by atoms with Crippen LogP contribution in [0.3, 0.4) is 0 Å². The summed E-state index contributed by atoms with van der Waals surface area (Å²) in [5.74, 6) is -0.505. The van der Waals surface area contributed by atoms with Crippen molar-refractivity contribution in [2.24, 2.45) is 0 Å². The van der Waals surface area contributed by atoms with Crippen LogP contribution in [0.15, 0.2) is 24.4 Å². The van der Waals surface area contributed by atoms with E-state index < -0.39 is 17.7 Å². The molecule has 1 aromatic heterocycles. The molecule has 0 aromatic carbocycles. The number of amides is 1. The van der Waals surface area contributed by atoms with E-state index in [0.29, 0.717) is 17.4 Å². The van der Waals surface area contributed by atoms with E-state index in [1.165, 1.54) is 6.08 Å². The molecule has 34 heavy (non-hydrogen) atoms. The fraction of sp³-hybridized carbons (Fsp3) is 0.654. The van der Waals surface area contributed by atoms with E-state index in [-0.39, 0.29) is 17.1 Å². The first-order valence-corrected chi connectivity index (χ1v) is 12.1. The van der Waals surface area contributed by atoms with Gasteiger partial charge in [-0.25, -0.2) is 14.6 Å². The first-order chi connectivity index (χ1) is 15.6. The van der Waals surface area contributed by atoms with E-state index in [0.717, 1.165) is 38.4 Å². The monoisotopic (exact) mass is 472 g/mol. The lowest BCUT2D eigenvalue weighted by molar-refractivity contribution is -0.131. The molecule has 0 bridgehead atoms. The average Bonchev–Trinajstić information content (AvgIpc) is 3.13. The molecule has 1 amide bonds. The second kappa shape index (κ2) is 9.66. The van der Waals surface area contributed by atoms with E-state index >= 15 is 0 Å². The number of aliphatic carboxylic acids is 1. The Kier molecular flexibility index (Phi) is 7.43. The van der Waals surface area contributed by atoms with Gasteiger partial charge in [0.1, 0.15) is 11.4 Å². The molecule has 2 fully saturated rings. The molecule has 2 N–H and O–H groups in total. The lowest BCUT2D eigenvalue weighted by Crippen LogP contribution is -2.62. The third-order valence-corrected chi connectivity index (χ3v) is 6.27. The molecule has 3 heterocycles. The summed E-state index contributed by atoms with van der Waals surface area (Å²) in [4.78, 5) is 32.8. The largest absolute Gasteiger partial charge is 0.478 e. The van der Waals surface area contributed by atoms with Gasteiger partial charge in [-0.3, -0.25) is 9.80 Å². The fourth-order valence-corrected chi connectivity index (χ4v) is 5.38. The van der Waals surface area contributed by atoms with Crippen molar-refractivity contribution in [3.8, 4) is 0 Å². The molecule has 0 unspecified atom stereocenters. The average molecular weight is 473 g/mol. The summed E-state index contributed by atoms with van der Waals surface area (Å²) in [5, 5.41) is 12.6. The fourth-order valence-electron chi connectivity index (χ4n) is 5.38. The standard InChI is InChI=1S/C26H40N4O4/c1-24(2,3)34-23(33)30(21-10-8-18(16-27-21)9-11-22(31)32)19-12-13-29(17-19)20-14-25(4,5)28-26(6,7)15-20/h8-11,16,19-20,28H,12-15,17H2,1-7H3,(H,31,32)/b11-9+/t19-/m1/s1. The molecule has 1 aromatic rings. The van der Waals surface area contributed by atoms with Crippen LogP contribution in [0.25, 0.3) is 6.08 Å². The Morgan fingerprint density at radius 3 is 2.38 bits per heavy atom. The Balaban J connectivity index is 1.82. The lowest BCUT2D eigenvalue weighted by Gasteiger charge is -2.49. The molecule has 0 spiro atoms. The van der Waals surface area contributed by atoms with Gasteiger partial charge in [0.05, 0.1) is 6.04 Å². The highest BCUT2D eigenvalue weighted by Gasteiger charge is 2.43. The van der Waals surface area contributed by atoms with Crippen molar-refractivity contribution in [3.05, 3.63) is 30.0 Å². The molecule has 2 aliphatic rings. The molecule has 8 heteroatoms. The number of nitrogens with one attached hydrogen (secondary N) is 1. The van der Waals surface area contributed by atoms with Crippen LogP contribution in [-0.4, -0.2) is 68.9 Å². The van der Waals surface area contributed by atoms with Gasteiger partial charge in [-0.2, -0.15) is 0 Å². The number of carbonyl (C=O) groups excluding carboxylic acids is 1. The summed E-state index contributed by atoms with van der Waals surface area (Å²) in [6.07, 6.45) is 6.67. The maximum atomic E-state index is 13.3. The number of carboxylic acid groups (broad SMARTS) is 1. The van der Waals surface area contributed by atoms with Crippen molar-refractivity contribution < 1.29 is 19.4 Å². The molecule has 8 nitrogen and oxygen atoms in total. The van der Waals surface area contributed by atoms with Gasteiger partial charge in [-0.15, -0.1) is 0 Å². The molecule has 0 aliphatic carbocycles. The highest BCUT2D eigenvalue weighted by molar-refractivity contribution is 5.88. The number of carbonyl (C=O) groups is 2. The van der Waals surface area contributed by atoms with Gasteiger partial charge in [0.25, 0.3) is 0 Å². The Bertz CT molecular complexity index is 902. The first-order valence-electron chi connectivity index (χ1n) is 12.1. The maximum absolute atomic E-state index is 13.3. The minimum atomic E-state index is -1.02. The third kappa shape index (κ3) is 7.03. The van der Waals surface area contributed by atoms with Crippen molar-refractivity contribution in [2.75, 3.05) is 18.0 Å². The van der Waals surface area contributed by atoms with Crippen LogP contribution in [0.1, 0.15) is 73.3 Å². The predicted octanol–water partition coefficient (Wildman–Crippen LogP) is 4.30. The zero-order valence-electron chi connectivity index (χ0n) is 21.6. The van der Waals surface area contributed by atoms with Crippen LogP contribution in [0, 0.1) is 0 Å². The van der Waals surface area contributed by atoms with Gasteiger partial charge in [0.15, 0.2) is 0 Å². The molecule has 0 saturated carbocycles. The number of carboxylic acids is 1. The Labute approximate surface area is 203 Å². The van der Waals surface area contributed by atoms with E-state index in [1.54, 1.807) is 23.2 Å². The van der Waals surface area contributed by atoms with Crippen molar-refractivity contribution >= 4 is 24.0 Å². The number of hydrogen-bond donors (Lipinski definition) is 2. The summed E-state index contributed by atoms with van der Waals surface area (Å²) < 4.78 is 5.75. The smallest absolute Gasteiger partial charge is 0.416 e. The molecular weight excluding hydrogens is 432 g/mol. The molecule has 188 valence electrons. The minimum absolute atomic E-state index is 0.0518. The predicted molar refractivity (Wildman–Crippen MR) is 134 cm³/mol. The topological polar surface area (TPSA) is 95.0 Å². The SMILES string of the molecule is CC1(C)CC(N2CC[C@@H](N(C(=O)OC(C)(C)C)c3ccc(/C=C/C(=O)O)cn3)C2)CC(C)(C)N1.